The average Bonchev–Trinajstić information content (AvgIpc) is 3.05. The quantitative estimate of drug-likeness (QED) is 0.614. The van der Waals surface area contributed by atoms with E-state index in [4.69, 9.17) is 0 Å². The molecule has 136 valence electrons. The zero-order valence-electron chi connectivity index (χ0n) is 14.3. The number of guanidine groups is 1. The van der Waals surface area contributed by atoms with Gasteiger partial charge >= 0.3 is 6.18 Å². The van der Waals surface area contributed by atoms with Gasteiger partial charge in [-0.05, 0) is 31.0 Å². The molecule has 0 spiro atoms. The summed E-state index contributed by atoms with van der Waals surface area (Å²) in [4.78, 5) is 8.57. The third-order valence-electron chi connectivity index (χ3n) is 3.63. The molecule has 8 heteroatoms. The summed E-state index contributed by atoms with van der Waals surface area (Å²) >= 11 is 1.61. The van der Waals surface area contributed by atoms with Crippen molar-refractivity contribution in [2.24, 2.45) is 4.99 Å². The standard InChI is InChI=1S/C17H21F3N4S/c1-4-15-24-14(10-25-15)9-22-16(21-3)23-11(2)12-6-5-7-13(8-12)17(18,19)20/h5-8,10-11H,4,9H2,1-3H3,(H2,21,22,23). The van der Waals surface area contributed by atoms with Crippen LogP contribution in [0.2, 0.25) is 0 Å². The van der Waals surface area contributed by atoms with Gasteiger partial charge < -0.3 is 10.6 Å². The van der Waals surface area contributed by atoms with Gasteiger partial charge in [0.25, 0.3) is 0 Å². The molecule has 1 atom stereocenters. The molecule has 4 nitrogen and oxygen atoms in total. The monoisotopic (exact) mass is 370 g/mol. The van der Waals surface area contributed by atoms with Crippen LogP contribution in [-0.2, 0) is 19.1 Å². The molecule has 1 aromatic heterocycles. The Morgan fingerprint density at radius 3 is 2.72 bits per heavy atom. The highest BCUT2D eigenvalue weighted by Crippen LogP contribution is 2.30. The first-order chi connectivity index (χ1) is 11.8. The summed E-state index contributed by atoms with van der Waals surface area (Å²) in [6, 6.07) is 4.97. The summed E-state index contributed by atoms with van der Waals surface area (Å²) in [5, 5.41) is 9.28. The first-order valence-corrected chi connectivity index (χ1v) is 8.79. The number of alkyl halides is 3. The second-order valence-corrected chi connectivity index (χ2v) is 6.44. The largest absolute Gasteiger partial charge is 0.416 e. The third-order valence-corrected chi connectivity index (χ3v) is 4.67. The van der Waals surface area contributed by atoms with Gasteiger partial charge in [-0.3, -0.25) is 4.99 Å². The number of nitrogens with zero attached hydrogens (tertiary/aromatic N) is 2. The van der Waals surface area contributed by atoms with Crippen LogP contribution >= 0.6 is 11.3 Å². The lowest BCUT2D eigenvalue weighted by Gasteiger charge is -2.19. The Bertz CT molecular complexity index is 725. The number of halogens is 3. The van der Waals surface area contributed by atoms with E-state index in [9.17, 15) is 13.2 Å². The summed E-state index contributed by atoms with van der Waals surface area (Å²) in [6.45, 7) is 4.35. The Morgan fingerprint density at radius 1 is 1.36 bits per heavy atom. The van der Waals surface area contributed by atoms with Crippen LogP contribution in [0.15, 0.2) is 34.6 Å². The Labute approximate surface area is 149 Å². The molecule has 25 heavy (non-hydrogen) atoms. The lowest BCUT2D eigenvalue weighted by atomic mass is 10.1. The second-order valence-electron chi connectivity index (χ2n) is 5.50. The molecule has 0 radical (unpaired) electrons. The van der Waals surface area contributed by atoms with E-state index in [1.807, 2.05) is 12.3 Å². The minimum Gasteiger partial charge on any atom is -0.351 e. The highest BCUT2D eigenvalue weighted by atomic mass is 32.1. The number of hydrogen-bond donors (Lipinski definition) is 2. The van der Waals surface area contributed by atoms with Crippen LogP contribution < -0.4 is 10.6 Å². The highest BCUT2D eigenvalue weighted by molar-refractivity contribution is 7.09. The molecule has 0 aliphatic rings. The fraction of sp³-hybridized carbons (Fsp3) is 0.412. The fourth-order valence-electron chi connectivity index (χ4n) is 2.23. The van der Waals surface area contributed by atoms with Gasteiger partial charge in [-0.1, -0.05) is 19.1 Å². The average molecular weight is 370 g/mol. The third kappa shape index (κ3) is 5.45. The molecular weight excluding hydrogens is 349 g/mol. The van der Waals surface area contributed by atoms with Gasteiger partial charge in [0, 0.05) is 12.4 Å². The zero-order chi connectivity index (χ0) is 18.4. The lowest BCUT2D eigenvalue weighted by Crippen LogP contribution is -2.38. The molecule has 1 heterocycles. The van der Waals surface area contributed by atoms with Gasteiger partial charge in [-0.25, -0.2) is 4.98 Å². The van der Waals surface area contributed by atoms with Crippen LogP contribution in [0.4, 0.5) is 13.2 Å². The Hall–Kier alpha value is -2.09. The number of thiazole rings is 1. The predicted molar refractivity (Wildman–Crippen MR) is 94.7 cm³/mol. The Balaban J connectivity index is 1.98. The molecular formula is C17H21F3N4S. The molecule has 0 aliphatic carbocycles. The van der Waals surface area contributed by atoms with Gasteiger partial charge in [0.1, 0.15) is 0 Å². The number of aliphatic imine (C=N–C) groups is 1. The highest BCUT2D eigenvalue weighted by Gasteiger charge is 2.30. The summed E-state index contributed by atoms with van der Waals surface area (Å²) < 4.78 is 38.5. The molecule has 2 N–H and O–H groups in total. The smallest absolute Gasteiger partial charge is 0.351 e. The van der Waals surface area contributed by atoms with E-state index in [0.29, 0.717) is 18.1 Å². The van der Waals surface area contributed by atoms with E-state index >= 15 is 0 Å². The summed E-state index contributed by atoms with van der Waals surface area (Å²) in [6.07, 6.45) is -3.46. The topological polar surface area (TPSA) is 49.3 Å². The van der Waals surface area contributed by atoms with Crippen molar-refractivity contribution in [3.63, 3.8) is 0 Å². The van der Waals surface area contributed by atoms with Crippen molar-refractivity contribution in [3.8, 4) is 0 Å². The minimum absolute atomic E-state index is 0.324. The number of aryl methyl sites for hydroxylation is 1. The van der Waals surface area contributed by atoms with Crippen LogP contribution in [-0.4, -0.2) is 18.0 Å². The van der Waals surface area contributed by atoms with Crippen molar-refractivity contribution in [1.82, 2.24) is 15.6 Å². The molecule has 0 aliphatic heterocycles. The molecule has 0 saturated heterocycles. The maximum Gasteiger partial charge on any atom is 0.416 e. The normalized spacial score (nSPS) is 13.6. The fourth-order valence-corrected chi connectivity index (χ4v) is 2.98. The molecule has 1 unspecified atom stereocenters. The van der Waals surface area contributed by atoms with Gasteiger partial charge in [-0.2, -0.15) is 13.2 Å². The SMILES string of the molecule is CCc1nc(CNC(=NC)NC(C)c2cccc(C(F)(F)F)c2)cs1. The van der Waals surface area contributed by atoms with E-state index in [1.165, 1.54) is 6.07 Å². The van der Waals surface area contributed by atoms with Crippen molar-refractivity contribution >= 4 is 17.3 Å². The number of aromatic nitrogens is 1. The zero-order valence-corrected chi connectivity index (χ0v) is 15.1. The maximum absolute atomic E-state index is 12.8. The van der Waals surface area contributed by atoms with E-state index in [-0.39, 0.29) is 6.04 Å². The maximum atomic E-state index is 12.8. The molecule has 0 bridgehead atoms. The molecule has 0 saturated carbocycles. The van der Waals surface area contributed by atoms with Crippen molar-refractivity contribution < 1.29 is 13.2 Å². The summed E-state index contributed by atoms with van der Waals surface area (Å²) in [5.41, 5.74) is 0.799. The number of rotatable bonds is 5. The van der Waals surface area contributed by atoms with E-state index < -0.39 is 11.7 Å². The summed E-state index contributed by atoms with van der Waals surface area (Å²) in [7, 11) is 1.62. The van der Waals surface area contributed by atoms with Crippen molar-refractivity contribution in [2.45, 2.75) is 39.0 Å². The van der Waals surface area contributed by atoms with Crippen molar-refractivity contribution in [1.29, 1.82) is 0 Å². The van der Waals surface area contributed by atoms with E-state index in [0.717, 1.165) is 29.3 Å². The first-order valence-electron chi connectivity index (χ1n) is 7.91. The minimum atomic E-state index is -4.35. The van der Waals surface area contributed by atoms with Crippen LogP contribution in [0.5, 0.6) is 0 Å². The lowest BCUT2D eigenvalue weighted by molar-refractivity contribution is -0.137. The number of benzene rings is 1. The van der Waals surface area contributed by atoms with Gasteiger partial charge in [0.15, 0.2) is 5.96 Å². The van der Waals surface area contributed by atoms with Crippen LogP contribution in [0.25, 0.3) is 0 Å². The van der Waals surface area contributed by atoms with Crippen LogP contribution in [0.1, 0.15) is 41.7 Å². The molecule has 2 aromatic rings. The van der Waals surface area contributed by atoms with Crippen molar-refractivity contribution in [2.75, 3.05) is 7.05 Å². The van der Waals surface area contributed by atoms with E-state index in [1.54, 1.807) is 31.4 Å². The molecule has 2 rings (SSSR count). The van der Waals surface area contributed by atoms with Gasteiger partial charge in [0.05, 0.1) is 28.9 Å². The Kier molecular flexibility index (Phi) is 6.41. The molecule has 1 aromatic carbocycles. The predicted octanol–water partition coefficient (Wildman–Crippen LogP) is 4.15. The summed E-state index contributed by atoms with van der Waals surface area (Å²) in [5.74, 6) is 0.510. The number of hydrogen-bond acceptors (Lipinski definition) is 3. The van der Waals surface area contributed by atoms with Crippen LogP contribution in [0, 0.1) is 0 Å². The second kappa shape index (κ2) is 8.33. The van der Waals surface area contributed by atoms with Gasteiger partial charge in [0.2, 0.25) is 0 Å². The van der Waals surface area contributed by atoms with Crippen molar-refractivity contribution in [3.05, 3.63) is 51.5 Å². The first kappa shape index (κ1) is 19.2. The molecule has 0 fully saturated rings. The van der Waals surface area contributed by atoms with Crippen LogP contribution in [0.3, 0.4) is 0 Å². The number of nitrogens with one attached hydrogen (secondary N) is 2. The molecule has 0 amide bonds. The Morgan fingerprint density at radius 2 is 2.12 bits per heavy atom. The van der Waals surface area contributed by atoms with Gasteiger partial charge in [-0.15, -0.1) is 11.3 Å². The van der Waals surface area contributed by atoms with E-state index in [2.05, 4.69) is 20.6 Å².